The van der Waals surface area contributed by atoms with E-state index in [0.29, 0.717) is 37.1 Å². The van der Waals surface area contributed by atoms with Crippen molar-refractivity contribution < 1.29 is 9.47 Å². The van der Waals surface area contributed by atoms with E-state index in [-0.39, 0.29) is 16.9 Å². The molecule has 0 atom stereocenters. The van der Waals surface area contributed by atoms with Crippen LogP contribution in [0.5, 0.6) is 5.75 Å². The molecule has 4 rings (SSSR count). The minimum absolute atomic E-state index is 0.125. The van der Waals surface area contributed by atoms with Gasteiger partial charge in [-0.25, -0.2) is 13.9 Å². The van der Waals surface area contributed by atoms with E-state index in [9.17, 15) is 9.59 Å². The quantitative estimate of drug-likeness (QED) is 0.699. The van der Waals surface area contributed by atoms with Gasteiger partial charge in [-0.15, -0.1) is 5.10 Å². The maximum Gasteiger partial charge on any atom is 0.350 e. The van der Waals surface area contributed by atoms with Crippen LogP contribution < -0.4 is 16.0 Å². The van der Waals surface area contributed by atoms with Crippen molar-refractivity contribution in [3.63, 3.8) is 0 Å². The molecule has 0 saturated carbocycles. The monoisotopic (exact) mass is 356 g/mol. The average Bonchev–Trinajstić information content (AvgIpc) is 3.00. The molecule has 0 unspecified atom stereocenters. The molecular formula is C18H20N4O4. The SMILES string of the molecule is COc1ccc(-n2ccn3c(=O)n(CC4CCOCC4)nc3c2=O)cc1. The minimum atomic E-state index is -0.333. The normalized spacial score (nSPS) is 15.4. The van der Waals surface area contributed by atoms with Crippen molar-refractivity contribution >= 4 is 5.65 Å². The number of methoxy groups -OCH3 is 1. The molecule has 0 radical (unpaired) electrons. The molecule has 1 aliphatic rings. The molecule has 3 aromatic rings. The van der Waals surface area contributed by atoms with E-state index in [0.717, 1.165) is 12.8 Å². The number of ether oxygens (including phenoxy) is 2. The van der Waals surface area contributed by atoms with E-state index in [4.69, 9.17) is 9.47 Å². The van der Waals surface area contributed by atoms with E-state index >= 15 is 0 Å². The lowest BCUT2D eigenvalue weighted by Crippen LogP contribution is -2.28. The summed E-state index contributed by atoms with van der Waals surface area (Å²) in [6.45, 7) is 1.92. The highest BCUT2D eigenvalue weighted by Gasteiger charge is 2.18. The summed E-state index contributed by atoms with van der Waals surface area (Å²) in [6.07, 6.45) is 4.96. The molecule has 1 aliphatic heterocycles. The predicted molar refractivity (Wildman–Crippen MR) is 95.1 cm³/mol. The predicted octanol–water partition coefficient (Wildman–Crippen LogP) is 1.08. The van der Waals surface area contributed by atoms with Gasteiger partial charge < -0.3 is 9.47 Å². The Bertz CT molecular complexity index is 1030. The van der Waals surface area contributed by atoms with E-state index in [1.54, 1.807) is 43.8 Å². The van der Waals surface area contributed by atoms with Crippen LogP contribution >= 0.6 is 0 Å². The lowest BCUT2D eigenvalue weighted by Gasteiger charge is -2.21. The summed E-state index contributed by atoms with van der Waals surface area (Å²) in [5, 5.41) is 4.29. The molecule has 2 aromatic heterocycles. The number of benzene rings is 1. The Labute approximate surface area is 149 Å². The first-order valence-corrected chi connectivity index (χ1v) is 8.60. The van der Waals surface area contributed by atoms with Crippen LogP contribution in [0.15, 0.2) is 46.2 Å². The maximum atomic E-state index is 12.8. The van der Waals surface area contributed by atoms with Crippen LogP contribution in [0.3, 0.4) is 0 Å². The van der Waals surface area contributed by atoms with Crippen LogP contribution in [0.25, 0.3) is 11.3 Å². The molecule has 0 bridgehead atoms. The second-order valence-corrected chi connectivity index (χ2v) is 6.39. The fraction of sp³-hybridized carbons (Fsp3) is 0.389. The molecule has 8 nitrogen and oxygen atoms in total. The smallest absolute Gasteiger partial charge is 0.350 e. The Morgan fingerprint density at radius 1 is 1.15 bits per heavy atom. The Balaban J connectivity index is 1.72. The van der Waals surface area contributed by atoms with Gasteiger partial charge in [-0.05, 0) is 43.0 Å². The lowest BCUT2D eigenvalue weighted by atomic mass is 10.0. The molecule has 1 fully saturated rings. The summed E-state index contributed by atoms with van der Waals surface area (Å²) in [5.74, 6) is 1.05. The summed E-state index contributed by atoms with van der Waals surface area (Å²) in [6, 6.07) is 7.13. The van der Waals surface area contributed by atoms with E-state index in [1.165, 1.54) is 13.6 Å². The van der Waals surface area contributed by atoms with Gasteiger partial charge in [0.1, 0.15) is 5.75 Å². The minimum Gasteiger partial charge on any atom is -0.497 e. The van der Waals surface area contributed by atoms with Crippen molar-refractivity contribution in [3.05, 3.63) is 57.5 Å². The molecule has 0 N–H and O–H groups in total. The molecular weight excluding hydrogens is 336 g/mol. The average molecular weight is 356 g/mol. The van der Waals surface area contributed by atoms with Gasteiger partial charge in [0.2, 0.25) is 5.65 Å². The fourth-order valence-corrected chi connectivity index (χ4v) is 3.25. The zero-order valence-electron chi connectivity index (χ0n) is 14.5. The number of hydrogen-bond donors (Lipinski definition) is 0. The van der Waals surface area contributed by atoms with E-state index in [1.807, 2.05) is 0 Å². The summed E-state index contributed by atoms with van der Waals surface area (Å²) in [4.78, 5) is 25.4. The van der Waals surface area contributed by atoms with Crippen LogP contribution in [0, 0.1) is 5.92 Å². The molecule has 3 heterocycles. The number of rotatable bonds is 4. The second kappa shape index (κ2) is 6.80. The Morgan fingerprint density at radius 3 is 2.58 bits per heavy atom. The largest absolute Gasteiger partial charge is 0.497 e. The molecule has 1 aromatic carbocycles. The highest BCUT2D eigenvalue weighted by molar-refractivity contribution is 5.42. The van der Waals surface area contributed by atoms with Gasteiger partial charge in [0.25, 0.3) is 0 Å². The van der Waals surface area contributed by atoms with Crippen LogP contribution in [0.1, 0.15) is 12.8 Å². The van der Waals surface area contributed by atoms with Crippen molar-refractivity contribution in [2.24, 2.45) is 5.92 Å². The highest BCUT2D eigenvalue weighted by atomic mass is 16.5. The van der Waals surface area contributed by atoms with Gasteiger partial charge in [0, 0.05) is 37.8 Å². The summed E-state index contributed by atoms with van der Waals surface area (Å²) in [5.41, 5.74) is 0.191. The van der Waals surface area contributed by atoms with E-state index in [2.05, 4.69) is 5.10 Å². The third-order valence-electron chi connectivity index (χ3n) is 4.77. The molecule has 1 saturated heterocycles. The maximum absolute atomic E-state index is 12.8. The molecule has 0 spiro atoms. The van der Waals surface area contributed by atoms with Crippen molar-refractivity contribution in [1.82, 2.24) is 18.7 Å². The first-order valence-electron chi connectivity index (χ1n) is 8.60. The molecule has 8 heteroatoms. The molecule has 26 heavy (non-hydrogen) atoms. The zero-order chi connectivity index (χ0) is 18.1. The first-order chi connectivity index (χ1) is 12.7. The topological polar surface area (TPSA) is 79.8 Å². The molecule has 136 valence electrons. The number of hydrogen-bond acceptors (Lipinski definition) is 5. The van der Waals surface area contributed by atoms with Gasteiger partial charge in [0.05, 0.1) is 7.11 Å². The Hall–Kier alpha value is -2.87. The summed E-state index contributed by atoms with van der Waals surface area (Å²) < 4.78 is 14.7. The standard InChI is InChI=1S/C18H20N4O4/c1-25-15-4-2-14(3-5-15)20-8-9-21-16(17(20)23)19-22(18(21)24)12-13-6-10-26-11-7-13/h2-5,8-9,13H,6-7,10-12H2,1H3. The van der Waals surface area contributed by atoms with Gasteiger partial charge in [-0.2, -0.15) is 0 Å². The van der Waals surface area contributed by atoms with Crippen molar-refractivity contribution in [3.8, 4) is 11.4 Å². The number of fused-ring (bicyclic) bond motifs is 1. The van der Waals surface area contributed by atoms with Crippen LogP contribution in [0.4, 0.5) is 0 Å². The highest BCUT2D eigenvalue weighted by Crippen LogP contribution is 2.16. The van der Waals surface area contributed by atoms with Crippen molar-refractivity contribution in [2.75, 3.05) is 20.3 Å². The Morgan fingerprint density at radius 2 is 1.88 bits per heavy atom. The fourth-order valence-electron chi connectivity index (χ4n) is 3.25. The second-order valence-electron chi connectivity index (χ2n) is 6.39. The zero-order valence-corrected chi connectivity index (χ0v) is 14.5. The number of aromatic nitrogens is 4. The van der Waals surface area contributed by atoms with Gasteiger partial charge in [-0.3, -0.25) is 9.36 Å². The van der Waals surface area contributed by atoms with Crippen LogP contribution in [-0.2, 0) is 11.3 Å². The van der Waals surface area contributed by atoms with Gasteiger partial charge in [-0.1, -0.05) is 0 Å². The van der Waals surface area contributed by atoms with E-state index < -0.39 is 0 Å². The third-order valence-corrected chi connectivity index (χ3v) is 4.77. The lowest BCUT2D eigenvalue weighted by molar-refractivity contribution is 0.0598. The van der Waals surface area contributed by atoms with Crippen molar-refractivity contribution in [2.45, 2.75) is 19.4 Å². The first kappa shape index (κ1) is 16.6. The summed E-state index contributed by atoms with van der Waals surface area (Å²) in [7, 11) is 1.59. The van der Waals surface area contributed by atoms with Crippen LogP contribution in [-0.4, -0.2) is 39.1 Å². The van der Waals surface area contributed by atoms with Crippen LogP contribution in [0.2, 0.25) is 0 Å². The number of nitrogens with zero attached hydrogens (tertiary/aromatic N) is 4. The molecule has 0 aliphatic carbocycles. The van der Waals surface area contributed by atoms with Gasteiger partial charge in [0.15, 0.2) is 0 Å². The third kappa shape index (κ3) is 2.92. The molecule has 0 amide bonds. The summed E-state index contributed by atoms with van der Waals surface area (Å²) >= 11 is 0. The van der Waals surface area contributed by atoms with Crippen molar-refractivity contribution in [1.29, 1.82) is 0 Å². The Kier molecular flexibility index (Phi) is 4.34. The van der Waals surface area contributed by atoms with Gasteiger partial charge >= 0.3 is 11.2 Å².